The summed E-state index contributed by atoms with van der Waals surface area (Å²) in [5, 5.41) is 3.44. The third-order valence-electron chi connectivity index (χ3n) is 5.54. The molecule has 0 aromatic rings. The van der Waals surface area contributed by atoms with Crippen LogP contribution in [0.25, 0.3) is 0 Å². The fourth-order valence-electron chi connectivity index (χ4n) is 4.19. The molecule has 0 aromatic carbocycles. The minimum absolute atomic E-state index is 0.155. The summed E-state index contributed by atoms with van der Waals surface area (Å²) >= 11 is 0. The lowest BCUT2D eigenvalue weighted by molar-refractivity contribution is 0.114. The van der Waals surface area contributed by atoms with E-state index in [0.717, 1.165) is 12.8 Å². The fourth-order valence-corrected chi connectivity index (χ4v) is 4.19. The number of alkyl halides is 1. The molecule has 1 N–H and O–H groups in total. The lowest BCUT2D eigenvalue weighted by Crippen LogP contribution is -2.41. The van der Waals surface area contributed by atoms with E-state index in [1.165, 1.54) is 19.3 Å². The summed E-state index contributed by atoms with van der Waals surface area (Å²) in [6.07, 6.45) is 10.5. The maximum absolute atomic E-state index is 13.7. The van der Waals surface area contributed by atoms with E-state index in [-0.39, 0.29) is 12.6 Å². The summed E-state index contributed by atoms with van der Waals surface area (Å²) < 4.78 is 13.7. The molecule has 0 saturated carbocycles. The third-order valence-corrected chi connectivity index (χ3v) is 5.54. The van der Waals surface area contributed by atoms with E-state index in [0.29, 0.717) is 29.7 Å². The molecule has 6 unspecified atom stereocenters. The Kier molecular flexibility index (Phi) is 8.55. The van der Waals surface area contributed by atoms with Gasteiger partial charge in [-0.25, -0.2) is 0 Å². The lowest BCUT2D eigenvalue weighted by Gasteiger charge is -2.39. The first-order valence-corrected chi connectivity index (χ1v) is 8.96. The molecule has 1 aliphatic rings. The number of hydrogen-bond acceptors (Lipinski definition) is 1. The van der Waals surface area contributed by atoms with Crippen molar-refractivity contribution in [3.8, 4) is 0 Å². The van der Waals surface area contributed by atoms with Gasteiger partial charge < -0.3 is 5.32 Å². The smallest absolute Gasteiger partial charge is 0.0925 e. The first-order valence-electron chi connectivity index (χ1n) is 8.96. The molecule has 1 rings (SSSR count). The zero-order valence-corrected chi connectivity index (χ0v) is 14.7. The van der Waals surface area contributed by atoms with Crippen LogP contribution in [-0.4, -0.2) is 19.8 Å². The number of allylic oxidation sites excluding steroid dienone is 2. The van der Waals surface area contributed by atoms with Crippen molar-refractivity contribution in [3.05, 3.63) is 12.2 Å². The summed E-state index contributed by atoms with van der Waals surface area (Å²) in [5.41, 5.74) is 0. The minimum Gasteiger partial charge on any atom is -0.317 e. The van der Waals surface area contributed by atoms with Gasteiger partial charge >= 0.3 is 0 Å². The Labute approximate surface area is 131 Å². The van der Waals surface area contributed by atoms with Gasteiger partial charge in [-0.3, -0.25) is 4.39 Å². The molecule has 2 heteroatoms. The average molecular weight is 298 g/mol. The Hall–Kier alpha value is -0.370. The SMILES string of the molecule is CCCC(CF)C1CCCC(C)/C=C/C(C)C1C(C)NC. The molecule has 1 nitrogen and oxygen atoms in total. The van der Waals surface area contributed by atoms with Gasteiger partial charge in [0.25, 0.3) is 0 Å². The van der Waals surface area contributed by atoms with Crippen LogP contribution in [0.4, 0.5) is 4.39 Å². The van der Waals surface area contributed by atoms with Crippen LogP contribution in [0.15, 0.2) is 12.2 Å². The molecule has 6 atom stereocenters. The largest absolute Gasteiger partial charge is 0.317 e. The van der Waals surface area contributed by atoms with Gasteiger partial charge in [-0.05, 0) is 62.8 Å². The highest BCUT2D eigenvalue weighted by molar-refractivity contribution is 4.98. The topological polar surface area (TPSA) is 12.0 Å². The number of halogens is 1. The van der Waals surface area contributed by atoms with Gasteiger partial charge in [-0.15, -0.1) is 0 Å². The van der Waals surface area contributed by atoms with Crippen LogP contribution >= 0.6 is 0 Å². The summed E-state index contributed by atoms with van der Waals surface area (Å²) in [6.45, 7) is 8.92. The Balaban J connectivity index is 3.03. The molecule has 1 aliphatic carbocycles. The van der Waals surface area contributed by atoms with E-state index in [9.17, 15) is 4.39 Å². The van der Waals surface area contributed by atoms with E-state index in [1.54, 1.807) is 0 Å². The van der Waals surface area contributed by atoms with Crippen molar-refractivity contribution in [1.29, 1.82) is 0 Å². The molecule has 0 aromatic heterocycles. The highest BCUT2D eigenvalue weighted by Gasteiger charge is 2.35. The predicted molar refractivity (Wildman–Crippen MR) is 91.2 cm³/mol. The normalized spacial score (nSPS) is 35.3. The lowest BCUT2D eigenvalue weighted by atomic mass is 9.69. The molecule has 0 radical (unpaired) electrons. The predicted octanol–water partition coefficient (Wildman–Crippen LogP) is 5.22. The summed E-state index contributed by atoms with van der Waals surface area (Å²) in [4.78, 5) is 0. The van der Waals surface area contributed by atoms with Crippen LogP contribution in [0.3, 0.4) is 0 Å². The third kappa shape index (κ3) is 5.39. The van der Waals surface area contributed by atoms with Gasteiger partial charge in [-0.2, -0.15) is 0 Å². The molecule has 0 spiro atoms. The van der Waals surface area contributed by atoms with Crippen LogP contribution in [-0.2, 0) is 0 Å². The molecular formula is C19H36FN. The molecule has 0 saturated heterocycles. The molecule has 0 aliphatic heterocycles. The van der Waals surface area contributed by atoms with Gasteiger partial charge in [-0.1, -0.05) is 45.8 Å². The van der Waals surface area contributed by atoms with Crippen LogP contribution < -0.4 is 5.32 Å². The second-order valence-corrected chi connectivity index (χ2v) is 7.17. The second-order valence-electron chi connectivity index (χ2n) is 7.17. The van der Waals surface area contributed by atoms with Gasteiger partial charge in [0.1, 0.15) is 0 Å². The van der Waals surface area contributed by atoms with Crippen molar-refractivity contribution in [2.24, 2.45) is 29.6 Å². The van der Waals surface area contributed by atoms with E-state index >= 15 is 0 Å². The fraction of sp³-hybridized carbons (Fsp3) is 0.895. The van der Waals surface area contributed by atoms with Crippen molar-refractivity contribution < 1.29 is 4.39 Å². The van der Waals surface area contributed by atoms with Crippen LogP contribution in [0, 0.1) is 29.6 Å². The minimum atomic E-state index is -0.155. The van der Waals surface area contributed by atoms with Crippen molar-refractivity contribution in [3.63, 3.8) is 0 Å². The van der Waals surface area contributed by atoms with Gasteiger partial charge in [0.05, 0.1) is 6.67 Å². The molecule has 21 heavy (non-hydrogen) atoms. The number of nitrogens with one attached hydrogen (secondary N) is 1. The first-order chi connectivity index (χ1) is 10.0. The van der Waals surface area contributed by atoms with Crippen LogP contribution in [0.2, 0.25) is 0 Å². The maximum Gasteiger partial charge on any atom is 0.0925 e. The molecular weight excluding hydrogens is 261 g/mol. The second kappa shape index (κ2) is 9.61. The highest BCUT2D eigenvalue weighted by atomic mass is 19.1. The Morgan fingerprint density at radius 2 is 1.95 bits per heavy atom. The zero-order valence-electron chi connectivity index (χ0n) is 14.7. The monoisotopic (exact) mass is 297 g/mol. The summed E-state index contributed by atoms with van der Waals surface area (Å²) in [5.74, 6) is 2.45. The summed E-state index contributed by atoms with van der Waals surface area (Å²) in [6, 6.07) is 0.439. The Bertz CT molecular complexity index is 302. The van der Waals surface area contributed by atoms with Gasteiger partial charge in [0.15, 0.2) is 0 Å². The first kappa shape index (κ1) is 18.7. The standard InChI is InChI=1S/C19H36FN/c1-6-8-17(13-20)18-10-7-9-14(2)11-12-15(3)19(18)16(4)21-5/h11-12,14-19,21H,6-10,13H2,1-5H3/b12-11+. The highest BCUT2D eigenvalue weighted by Crippen LogP contribution is 2.38. The number of hydrogen-bond donors (Lipinski definition) is 1. The quantitative estimate of drug-likeness (QED) is 0.662. The Morgan fingerprint density at radius 3 is 2.52 bits per heavy atom. The van der Waals surface area contributed by atoms with Crippen LogP contribution in [0.1, 0.15) is 59.8 Å². The van der Waals surface area contributed by atoms with E-state index in [1.807, 2.05) is 7.05 Å². The maximum atomic E-state index is 13.7. The molecule has 0 amide bonds. The van der Waals surface area contributed by atoms with E-state index < -0.39 is 0 Å². The van der Waals surface area contributed by atoms with Crippen molar-refractivity contribution in [2.75, 3.05) is 13.7 Å². The molecule has 0 heterocycles. The molecule has 0 fully saturated rings. The van der Waals surface area contributed by atoms with Crippen molar-refractivity contribution in [2.45, 2.75) is 65.8 Å². The van der Waals surface area contributed by atoms with Gasteiger partial charge in [0, 0.05) is 6.04 Å². The van der Waals surface area contributed by atoms with Crippen molar-refractivity contribution >= 4 is 0 Å². The molecule has 0 bridgehead atoms. The van der Waals surface area contributed by atoms with Crippen molar-refractivity contribution in [1.82, 2.24) is 5.32 Å². The van der Waals surface area contributed by atoms with Gasteiger partial charge in [0.2, 0.25) is 0 Å². The zero-order chi connectivity index (χ0) is 15.8. The van der Waals surface area contributed by atoms with E-state index in [2.05, 4.69) is 45.2 Å². The average Bonchev–Trinajstić information content (AvgIpc) is 2.55. The van der Waals surface area contributed by atoms with E-state index in [4.69, 9.17) is 0 Å². The Morgan fingerprint density at radius 1 is 1.24 bits per heavy atom. The van der Waals surface area contributed by atoms with Crippen LogP contribution in [0.5, 0.6) is 0 Å². The number of rotatable bonds is 6. The summed E-state index contributed by atoms with van der Waals surface area (Å²) in [7, 11) is 2.04. The molecule has 124 valence electrons.